The van der Waals surface area contributed by atoms with Gasteiger partial charge in [0, 0.05) is 11.6 Å². The summed E-state index contributed by atoms with van der Waals surface area (Å²) in [6.07, 6.45) is 4.90. The van der Waals surface area contributed by atoms with E-state index in [1.54, 1.807) is 19.2 Å². The molecule has 1 aromatic carbocycles. The average Bonchev–Trinajstić information content (AvgIpc) is 2.85. The second-order valence-corrected chi connectivity index (χ2v) is 4.84. The maximum Gasteiger partial charge on any atom is 0.163 e. The molecule has 0 atom stereocenters. The van der Waals surface area contributed by atoms with Crippen LogP contribution < -0.4 is 15.4 Å². The fraction of sp³-hybridized carbons (Fsp3) is 0.538. The van der Waals surface area contributed by atoms with Crippen LogP contribution in [0.5, 0.6) is 11.5 Å². The van der Waals surface area contributed by atoms with Gasteiger partial charge in [-0.3, -0.25) is 4.84 Å². The quantitative estimate of drug-likeness (QED) is 0.837. The van der Waals surface area contributed by atoms with Gasteiger partial charge in [-0.05, 0) is 31.7 Å². The van der Waals surface area contributed by atoms with Gasteiger partial charge in [0.15, 0.2) is 11.5 Å². The minimum absolute atomic E-state index is 0.249. The van der Waals surface area contributed by atoms with Crippen LogP contribution in [0.3, 0.4) is 0 Å². The normalized spacial score (nSPS) is 15.9. The Bertz CT molecular complexity index is 405. The number of hydrogen-bond donors (Lipinski definition) is 1. The summed E-state index contributed by atoms with van der Waals surface area (Å²) >= 11 is 6.15. The Kier molecular flexibility index (Phi) is 4.69. The highest BCUT2D eigenvalue weighted by Gasteiger charge is 2.19. The Labute approximate surface area is 112 Å². The van der Waals surface area contributed by atoms with E-state index in [1.165, 1.54) is 12.8 Å². The van der Waals surface area contributed by atoms with E-state index in [4.69, 9.17) is 27.0 Å². The SMILES string of the molecule is COc1cc(CON)c(Cl)cc1OC1CCCC1. The van der Waals surface area contributed by atoms with Crippen molar-refractivity contribution in [1.29, 1.82) is 0 Å². The average molecular weight is 272 g/mol. The van der Waals surface area contributed by atoms with Crippen molar-refractivity contribution in [2.24, 2.45) is 5.90 Å². The van der Waals surface area contributed by atoms with Crippen molar-refractivity contribution >= 4 is 11.6 Å². The van der Waals surface area contributed by atoms with Crippen LogP contribution in [-0.2, 0) is 11.4 Å². The molecule has 0 saturated heterocycles. The first-order valence-corrected chi connectivity index (χ1v) is 6.47. The summed E-state index contributed by atoms with van der Waals surface area (Å²) in [4.78, 5) is 4.60. The minimum atomic E-state index is 0.249. The second kappa shape index (κ2) is 6.27. The molecule has 1 aliphatic carbocycles. The van der Waals surface area contributed by atoms with Crippen molar-refractivity contribution in [1.82, 2.24) is 0 Å². The lowest BCUT2D eigenvalue weighted by molar-refractivity contribution is 0.124. The van der Waals surface area contributed by atoms with Gasteiger partial charge < -0.3 is 9.47 Å². The zero-order chi connectivity index (χ0) is 13.0. The lowest BCUT2D eigenvalue weighted by Gasteiger charge is -2.17. The van der Waals surface area contributed by atoms with Crippen LogP contribution in [0.2, 0.25) is 5.02 Å². The molecule has 4 nitrogen and oxygen atoms in total. The maximum absolute atomic E-state index is 6.15. The molecule has 2 N–H and O–H groups in total. The number of hydrogen-bond acceptors (Lipinski definition) is 4. The molecule has 5 heteroatoms. The topological polar surface area (TPSA) is 53.7 Å². The monoisotopic (exact) mass is 271 g/mol. The molecule has 0 aliphatic heterocycles. The number of rotatable bonds is 5. The summed E-state index contributed by atoms with van der Waals surface area (Å²) in [7, 11) is 1.61. The smallest absolute Gasteiger partial charge is 0.163 e. The molecule has 1 aliphatic rings. The van der Waals surface area contributed by atoms with E-state index >= 15 is 0 Å². The van der Waals surface area contributed by atoms with Crippen LogP contribution >= 0.6 is 11.6 Å². The van der Waals surface area contributed by atoms with Gasteiger partial charge in [0.25, 0.3) is 0 Å². The van der Waals surface area contributed by atoms with E-state index in [-0.39, 0.29) is 12.7 Å². The highest BCUT2D eigenvalue weighted by Crippen LogP contribution is 2.36. The van der Waals surface area contributed by atoms with E-state index < -0.39 is 0 Å². The molecule has 0 unspecified atom stereocenters. The first-order chi connectivity index (χ1) is 8.74. The van der Waals surface area contributed by atoms with Crippen molar-refractivity contribution in [3.63, 3.8) is 0 Å². The predicted molar refractivity (Wildman–Crippen MR) is 69.9 cm³/mol. The fourth-order valence-electron chi connectivity index (χ4n) is 2.22. The Balaban J connectivity index is 2.19. The zero-order valence-electron chi connectivity index (χ0n) is 10.4. The van der Waals surface area contributed by atoms with Gasteiger partial charge in [-0.1, -0.05) is 11.6 Å². The van der Waals surface area contributed by atoms with E-state index in [0.717, 1.165) is 18.4 Å². The third kappa shape index (κ3) is 3.07. The zero-order valence-corrected chi connectivity index (χ0v) is 11.2. The molecule has 0 heterocycles. The largest absolute Gasteiger partial charge is 0.493 e. The third-order valence-electron chi connectivity index (χ3n) is 3.17. The van der Waals surface area contributed by atoms with Crippen LogP contribution in [0.1, 0.15) is 31.2 Å². The van der Waals surface area contributed by atoms with Crippen molar-refractivity contribution in [3.05, 3.63) is 22.7 Å². The van der Waals surface area contributed by atoms with Gasteiger partial charge in [-0.25, -0.2) is 5.90 Å². The highest BCUT2D eigenvalue weighted by molar-refractivity contribution is 6.31. The molecule has 1 fully saturated rings. The Morgan fingerprint density at radius 1 is 1.28 bits per heavy atom. The van der Waals surface area contributed by atoms with Crippen molar-refractivity contribution in [3.8, 4) is 11.5 Å². The van der Waals surface area contributed by atoms with E-state index in [9.17, 15) is 0 Å². The highest BCUT2D eigenvalue weighted by atomic mass is 35.5. The summed E-state index contributed by atoms with van der Waals surface area (Å²) in [6, 6.07) is 3.58. The molecule has 0 radical (unpaired) electrons. The third-order valence-corrected chi connectivity index (χ3v) is 3.52. The number of methoxy groups -OCH3 is 1. The van der Waals surface area contributed by atoms with Crippen LogP contribution in [-0.4, -0.2) is 13.2 Å². The Morgan fingerprint density at radius 3 is 2.61 bits per heavy atom. The van der Waals surface area contributed by atoms with E-state index in [1.807, 2.05) is 0 Å². The van der Waals surface area contributed by atoms with Crippen LogP contribution in [0.4, 0.5) is 0 Å². The Hall–Kier alpha value is -0.970. The van der Waals surface area contributed by atoms with Gasteiger partial charge >= 0.3 is 0 Å². The first-order valence-electron chi connectivity index (χ1n) is 6.09. The maximum atomic E-state index is 6.15. The summed E-state index contributed by atoms with van der Waals surface area (Å²) < 4.78 is 11.2. The van der Waals surface area contributed by atoms with Crippen molar-refractivity contribution in [2.45, 2.75) is 38.4 Å². The second-order valence-electron chi connectivity index (χ2n) is 4.43. The molecule has 1 aromatic rings. The van der Waals surface area contributed by atoms with Crippen molar-refractivity contribution in [2.75, 3.05) is 7.11 Å². The van der Waals surface area contributed by atoms with Crippen LogP contribution in [0.25, 0.3) is 0 Å². The summed E-state index contributed by atoms with van der Waals surface area (Å²) in [5.74, 6) is 6.42. The van der Waals surface area contributed by atoms with Crippen LogP contribution in [0, 0.1) is 0 Å². The standard InChI is InChI=1S/C13H18ClNO3/c1-16-12-6-9(8-17-15)11(14)7-13(12)18-10-4-2-3-5-10/h6-7,10H,2-5,8,15H2,1H3. The van der Waals surface area contributed by atoms with Gasteiger partial charge in [-0.15, -0.1) is 0 Å². The van der Waals surface area contributed by atoms with Gasteiger partial charge in [-0.2, -0.15) is 0 Å². The molecule has 0 bridgehead atoms. The minimum Gasteiger partial charge on any atom is -0.493 e. The van der Waals surface area contributed by atoms with Gasteiger partial charge in [0.2, 0.25) is 0 Å². The molecule has 1 saturated carbocycles. The lowest BCUT2D eigenvalue weighted by Crippen LogP contribution is -2.12. The molecule has 0 spiro atoms. The number of halogens is 1. The molecular formula is C13H18ClNO3. The summed E-state index contributed by atoms with van der Waals surface area (Å²) in [6.45, 7) is 0.249. The van der Waals surface area contributed by atoms with Gasteiger partial charge in [0.1, 0.15) is 0 Å². The molecule has 0 aromatic heterocycles. The van der Waals surface area contributed by atoms with E-state index in [0.29, 0.717) is 16.5 Å². The lowest BCUT2D eigenvalue weighted by atomic mass is 10.2. The molecule has 0 amide bonds. The summed E-state index contributed by atoms with van der Waals surface area (Å²) in [5.41, 5.74) is 0.787. The fourth-order valence-corrected chi connectivity index (χ4v) is 2.42. The van der Waals surface area contributed by atoms with Crippen molar-refractivity contribution < 1.29 is 14.3 Å². The number of nitrogens with two attached hydrogens (primary N) is 1. The molecule has 100 valence electrons. The molecular weight excluding hydrogens is 254 g/mol. The molecule has 2 rings (SSSR count). The summed E-state index contributed by atoms with van der Waals surface area (Å²) in [5, 5.41) is 0.578. The molecule has 18 heavy (non-hydrogen) atoms. The van der Waals surface area contributed by atoms with Gasteiger partial charge in [0.05, 0.1) is 24.8 Å². The predicted octanol–water partition coefficient (Wildman–Crippen LogP) is 3.06. The number of benzene rings is 1. The first kappa shape index (κ1) is 13.5. The number of ether oxygens (including phenoxy) is 2. The Morgan fingerprint density at radius 2 is 2.00 bits per heavy atom. The van der Waals surface area contributed by atoms with E-state index in [2.05, 4.69) is 4.84 Å². The van der Waals surface area contributed by atoms with Crippen LogP contribution in [0.15, 0.2) is 12.1 Å².